The Labute approximate surface area is 172 Å². The van der Waals surface area contributed by atoms with Crippen molar-refractivity contribution < 1.29 is 19.0 Å². The summed E-state index contributed by atoms with van der Waals surface area (Å²) in [5, 5.41) is 2.56. The molecule has 0 aliphatic rings. The first-order chi connectivity index (χ1) is 14.4. The van der Waals surface area contributed by atoms with Gasteiger partial charge in [0.25, 0.3) is 5.56 Å². The lowest BCUT2D eigenvalue weighted by Crippen LogP contribution is -2.34. The van der Waals surface area contributed by atoms with Crippen molar-refractivity contribution >= 4 is 38.7 Å². The summed E-state index contributed by atoms with van der Waals surface area (Å²) in [5.74, 6) is 0.278. The number of hydrogen-bond acceptors (Lipinski definition) is 6. The van der Waals surface area contributed by atoms with Gasteiger partial charge in [-0.25, -0.2) is 9.78 Å². The highest BCUT2D eigenvalue weighted by Crippen LogP contribution is 2.37. The number of fused-ring (bicyclic) bond motifs is 5. The van der Waals surface area contributed by atoms with Crippen LogP contribution in [0.3, 0.4) is 0 Å². The number of nitrogens with zero attached hydrogens (tertiary/aromatic N) is 2. The number of pyridine rings is 2. The minimum absolute atomic E-state index is 0.182. The lowest BCUT2D eigenvalue weighted by Gasteiger charge is -2.24. The molecule has 3 aromatic heterocycles. The number of ether oxygens (including phenoxy) is 3. The van der Waals surface area contributed by atoms with Crippen molar-refractivity contribution in [3.05, 3.63) is 40.9 Å². The molecule has 0 saturated heterocycles. The Bertz CT molecular complexity index is 1340. The van der Waals surface area contributed by atoms with E-state index in [1.807, 2.05) is 19.9 Å². The van der Waals surface area contributed by atoms with E-state index in [1.165, 1.54) is 18.8 Å². The number of carbonyl (C=O) groups is 1. The van der Waals surface area contributed by atoms with E-state index in [1.54, 1.807) is 31.6 Å². The molecule has 4 aromatic rings. The maximum atomic E-state index is 13.8. The van der Waals surface area contributed by atoms with Crippen molar-refractivity contribution in [1.82, 2.24) is 14.5 Å². The number of carbonyl (C=O) groups excluding carboxylic acids is 1. The third-order valence-corrected chi connectivity index (χ3v) is 5.41. The number of H-pyrrole nitrogens is 1. The Balaban J connectivity index is 2.28. The van der Waals surface area contributed by atoms with Crippen LogP contribution in [0.4, 0.5) is 0 Å². The van der Waals surface area contributed by atoms with Crippen LogP contribution in [0, 0.1) is 5.92 Å². The normalized spacial score (nSPS) is 12.6. The number of hydrogen-bond donors (Lipinski definition) is 1. The molecule has 1 aromatic carbocycles. The summed E-state index contributed by atoms with van der Waals surface area (Å²) in [6, 6.07) is 4.46. The van der Waals surface area contributed by atoms with Crippen LogP contribution >= 0.6 is 0 Å². The lowest BCUT2D eigenvalue weighted by atomic mass is 10.00. The zero-order valence-electron chi connectivity index (χ0n) is 17.5. The fourth-order valence-electron chi connectivity index (χ4n) is 4.02. The van der Waals surface area contributed by atoms with Crippen LogP contribution in [0.1, 0.15) is 19.9 Å². The van der Waals surface area contributed by atoms with E-state index >= 15 is 0 Å². The third-order valence-electron chi connectivity index (χ3n) is 5.41. The molecule has 0 aliphatic heterocycles. The molecule has 8 nitrogen and oxygen atoms in total. The molecule has 156 valence electrons. The zero-order chi connectivity index (χ0) is 21.6. The molecule has 0 fully saturated rings. The quantitative estimate of drug-likeness (QED) is 0.401. The SMILES string of the molecule is COC(=O)[C@H](C(C)C)n1c(=O)c2cc(OC)c(OC)cc2c2cnc3[nH]ccc3c21. The number of nitrogens with one attached hydrogen (secondary N) is 1. The van der Waals surface area contributed by atoms with Gasteiger partial charge in [0.05, 0.1) is 32.2 Å². The van der Waals surface area contributed by atoms with E-state index in [2.05, 4.69) is 9.97 Å². The summed E-state index contributed by atoms with van der Waals surface area (Å²) in [4.78, 5) is 34.1. The van der Waals surface area contributed by atoms with Gasteiger partial charge in [0.1, 0.15) is 11.7 Å². The van der Waals surface area contributed by atoms with E-state index in [0.29, 0.717) is 33.4 Å². The minimum atomic E-state index is -0.803. The van der Waals surface area contributed by atoms with Crippen molar-refractivity contribution in [2.24, 2.45) is 5.92 Å². The van der Waals surface area contributed by atoms with Crippen LogP contribution < -0.4 is 15.0 Å². The van der Waals surface area contributed by atoms with Gasteiger partial charge in [-0.3, -0.25) is 9.36 Å². The van der Waals surface area contributed by atoms with E-state index in [9.17, 15) is 9.59 Å². The second kappa shape index (κ2) is 7.37. The van der Waals surface area contributed by atoms with Gasteiger partial charge in [0.15, 0.2) is 11.5 Å². The topological polar surface area (TPSA) is 95.4 Å². The first kappa shape index (κ1) is 19.8. The predicted molar refractivity (Wildman–Crippen MR) is 114 cm³/mol. The summed E-state index contributed by atoms with van der Waals surface area (Å²) in [6.45, 7) is 3.77. The molecule has 0 spiro atoms. The van der Waals surface area contributed by atoms with Gasteiger partial charge in [-0.2, -0.15) is 0 Å². The lowest BCUT2D eigenvalue weighted by molar-refractivity contribution is -0.145. The first-order valence-electron chi connectivity index (χ1n) is 9.56. The fourth-order valence-corrected chi connectivity index (χ4v) is 4.02. The van der Waals surface area contributed by atoms with E-state index in [0.717, 1.165) is 10.8 Å². The average molecular weight is 409 g/mol. The van der Waals surface area contributed by atoms with Gasteiger partial charge in [-0.05, 0) is 24.1 Å². The van der Waals surface area contributed by atoms with Crippen LogP contribution in [-0.2, 0) is 9.53 Å². The Morgan fingerprint density at radius 2 is 1.70 bits per heavy atom. The van der Waals surface area contributed by atoms with Crippen LogP contribution in [0.2, 0.25) is 0 Å². The minimum Gasteiger partial charge on any atom is -0.493 e. The summed E-state index contributed by atoms with van der Waals surface area (Å²) < 4.78 is 17.4. The van der Waals surface area contributed by atoms with Crippen molar-refractivity contribution in [3.63, 3.8) is 0 Å². The standard InChI is InChI=1S/C22H23N3O5/c1-11(2)18(22(27)30-5)25-19-12-6-7-23-20(12)24-10-15(19)13-8-16(28-3)17(29-4)9-14(13)21(25)26/h6-11,18H,1-5H3,(H,23,24)/t18-/m0/s1. The van der Waals surface area contributed by atoms with Gasteiger partial charge >= 0.3 is 5.97 Å². The molecule has 8 heteroatoms. The molecule has 0 radical (unpaired) electrons. The summed E-state index contributed by atoms with van der Waals surface area (Å²) in [5.41, 5.74) is 0.939. The van der Waals surface area contributed by atoms with Crippen LogP contribution in [0.5, 0.6) is 11.5 Å². The maximum Gasteiger partial charge on any atom is 0.329 e. The molecule has 1 N–H and O–H groups in total. The molecule has 0 aliphatic carbocycles. The Kier molecular flexibility index (Phi) is 4.85. The molecular weight excluding hydrogens is 386 g/mol. The van der Waals surface area contributed by atoms with Crippen LogP contribution in [-0.4, -0.2) is 41.8 Å². The monoisotopic (exact) mass is 409 g/mol. The summed E-state index contributed by atoms with van der Waals surface area (Å²) in [6.07, 6.45) is 3.46. The number of methoxy groups -OCH3 is 3. The van der Waals surface area contributed by atoms with Crippen LogP contribution in [0.15, 0.2) is 35.4 Å². The first-order valence-corrected chi connectivity index (χ1v) is 9.56. The Hall–Kier alpha value is -3.55. The number of esters is 1. The zero-order valence-corrected chi connectivity index (χ0v) is 17.5. The molecule has 0 bridgehead atoms. The second-order valence-corrected chi connectivity index (χ2v) is 7.40. The molecule has 1 atom stereocenters. The van der Waals surface area contributed by atoms with Gasteiger partial charge in [0.2, 0.25) is 0 Å². The average Bonchev–Trinajstić information content (AvgIpc) is 3.23. The fraction of sp³-hybridized carbons (Fsp3) is 0.318. The predicted octanol–water partition coefficient (Wildman–Crippen LogP) is 3.42. The summed E-state index contributed by atoms with van der Waals surface area (Å²) >= 11 is 0. The number of aromatic nitrogens is 3. The molecule has 4 rings (SSSR count). The third kappa shape index (κ3) is 2.79. The van der Waals surface area contributed by atoms with Crippen molar-refractivity contribution in [3.8, 4) is 11.5 Å². The smallest absolute Gasteiger partial charge is 0.329 e. The maximum absolute atomic E-state index is 13.8. The van der Waals surface area contributed by atoms with E-state index < -0.39 is 12.0 Å². The summed E-state index contributed by atoms with van der Waals surface area (Å²) in [7, 11) is 4.38. The number of benzene rings is 1. The van der Waals surface area contributed by atoms with E-state index in [4.69, 9.17) is 14.2 Å². The molecule has 30 heavy (non-hydrogen) atoms. The van der Waals surface area contributed by atoms with Gasteiger partial charge in [-0.1, -0.05) is 13.8 Å². The van der Waals surface area contributed by atoms with Crippen molar-refractivity contribution in [2.45, 2.75) is 19.9 Å². The number of aromatic amines is 1. The van der Waals surface area contributed by atoms with Crippen molar-refractivity contribution in [1.29, 1.82) is 0 Å². The highest BCUT2D eigenvalue weighted by Gasteiger charge is 2.30. The largest absolute Gasteiger partial charge is 0.493 e. The van der Waals surface area contributed by atoms with Gasteiger partial charge < -0.3 is 19.2 Å². The second-order valence-electron chi connectivity index (χ2n) is 7.40. The molecule has 0 saturated carbocycles. The van der Waals surface area contributed by atoms with E-state index in [-0.39, 0.29) is 11.5 Å². The molecule has 0 amide bonds. The molecule has 3 heterocycles. The Morgan fingerprint density at radius 1 is 1.03 bits per heavy atom. The highest BCUT2D eigenvalue weighted by molar-refractivity contribution is 6.14. The van der Waals surface area contributed by atoms with Gasteiger partial charge in [-0.15, -0.1) is 0 Å². The molecule has 0 unspecified atom stereocenters. The van der Waals surface area contributed by atoms with Crippen molar-refractivity contribution in [2.75, 3.05) is 21.3 Å². The molecular formula is C22H23N3O5. The van der Waals surface area contributed by atoms with Gasteiger partial charge in [0, 0.05) is 28.6 Å². The highest BCUT2D eigenvalue weighted by atomic mass is 16.5. The van der Waals surface area contributed by atoms with Crippen LogP contribution in [0.25, 0.3) is 32.7 Å². The Morgan fingerprint density at radius 3 is 2.30 bits per heavy atom. The number of rotatable bonds is 5.